The van der Waals surface area contributed by atoms with Gasteiger partial charge in [0.05, 0.1) is 41.6 Å². The quantitative estimate of drug-likeness (QED) is 0.499. The topological polar surface area (TPSA) is 100 Å². The Morgan fingerprint density at radius 3 is 2.62 bits per heavy atom. The second-order valence-electron chi connectivity index (χ2n) is 7.59. The average Bonchev–Trinajstić information content (AvgIpc) is 3.39. The summed E-state index contributed by atoms with van der Waals surface area (Å²) < 4.78 is 10.9. The first-order valence-corrected chi connectivity index (χ1v) is 10.6. The van der Waals surface area contributed by atoms with Crippen LogP contribution in [0, 0.1) is 11.3 Å². The van der Waals surface area contributed by atoms with E-state index in [1.807, 2.05) is 36.4 Å². The predicted octanol–water partition coefficient (Wildman–Crippen LogP) is 3.57. The number of ether oxygens (including phenoxy) is 1. The van der Waals surface area contributed by atoms with E-state index in [1.54, 1.807) is 6.20 Å². The minimum Gasteiger partial charge on any atom is -0.423 e. The number of aromatic nitrogens is 3. The summed E-state index contributed by atoms with van der Waals surface area (Å²) in [5, 5.41) is 21.6. The van der Waals surface area contributed by atoms with Gasteiger partial charge in [-0.1, -0.05) is 18.2 Å². The van der Waals surface area contributed by atoms with Crippen molar-refractivity contribution in [2.45, 2.75) is 0 Å². The molecule has 0 saturated carbocycles. The fourth-order valence-corrected chi connectivity index (χ4v) is 3.92. The van der Waals surface area contributed by atoms with Gasteiger partial charge in [0.15, 0.2) is 0 Å². The van der Waals surface area contributed by atoms with Gasteiger partial charge in [0.25, 0.3) is 5.89 Å². The van der Waals surface area contributed by atoms with Crippen LogP contribution >= 0.6 is 0 Å². The SMILES string of the molecule is N#Cc1ccc(-c2ccc3ncc(-c4nnco4)c(NCCN4CCOCC4)c3c2)cc1. The molecule has 3 heterocycles. The van der Waals surface area contributed by atoms with Crippen molar-refractivity contribution < 1.29 is 9.15 Å². The van der Waals surface area contributed by atoms with Crippen molar-refractivity contribution in [2.24, 2.45) is 0 Å². The van der Waals surface area contributed by atoms with E-state index in [1.165, 1.54) is 6.39 Å². The lowest BCUT2D eigenvalue weighted by atomic mass is 10.0. The van der Waals surface area contributed by atoms with E-state index in [0.717, 1.165) is 72.7 Å². The van der Waals surface area contributed by atoms with E-state index < -0.39 is 0 Å². The number of hydrogen-bond donors (Lipinski definition) is 1. The van der Waals surface area contributed by atoms with Gasteiger partial charge in [0.2, 0.25) is 6.39 Å². The van der Waals surface area contributed by atoms with Gasteiger partial charge < -0.3 is 14.5 Å². The second kappa shape index (κ2) is 9.14. The number of nitrogens with one attached hydrogen (secondary N) is 1. The van der Waals surface area contributed by atoms with Crippen molar-refractivity contribution >= 4 is 16.6 Å². The molecule has 0 aliphatic carbocycles. The molecule has 1 N–H and O–H groups in total. The molecule has 8 heteroatoms. The van der Waals surface area contributed by atoms with Crippen LogP contribution in [0.2, 0.25) is 0 Å². The number of rotatable bonds is 6. The number of nitriles is 1. The Hall–Kier alpha value is -3.80. The monoisotopic (exact) mass is 426 g/mol. The summed E-state index contributed by atoms with van der Waals surface area (Å²) in [5.41, 5.74) is 5.29. The van der Waals surface area contributed by atoms with Crippen LogP contribution < -0.4 is 5.32 Å². The Morgan fingerprint density at radius 2 is 1.88 bits per heavy atom. The maximum atomic E-state index is 9.08. The van der Waals surface area contributed by atoms with Crippen molar-refractivity contribution in [1.29, 1.82) is 5.26 Å². The summed E-state index contributed by atoms with van der Waals surface area (Å²) in [5.74, 6) is 0.428. The first-order chi connectivity index (χ1) is 15.8. The van der Waals surface area contributed by atoms with Crippen LogP contribution in [0.3, 0.4) is 0 Å². The molecule has 160 valence electrons. The number of benzene rings is 2. The molecule has 0 spiro atoms. The molecule has 0 atom stereocenters. The molecule has 1 aliphatic heterocycles. The highest BCUT2D eigenvalue weighted by molar-refractivity contribution is 6.00. The Bertz CT molecular complexity index is 1240. The van der Waals surface area contributed by atoms with Crippen molar-refractivity contribution in [3.63, 3.8) is 0 Å². The maximum Gasteiger partial charge on any atom is 0.251 e. The number of hydrogen-bond acceptors (Lipinski definition) is 8. The van der Waals surface area contributed by atoms with Gasteiger partial charge in [-0.25, -0.2) is 0 Å². The van der Waals surface area contributed by atoms with Crippen LogP contribution in [0.4, 0.5) is 5.69 Å². The first kappa shape index (κ1) is 20.1. The van der Waals surface area contributed by atoms with Gasteiger partial charge >= 0.3 is 0 Å². The molecule has 0 amide bonds. The van der Waals surface area contributed by atoms with E-state index in [2.05, 4.69) is 37.5 Å². The van der Waals surface area contributed by atoms with Crippen molar-refractivity contribution in [2.75, 3.05) is 44.7 Å². The third-order valence-electron chi connectivity index (χ3n) is 5.64. The van der Waals surface area contributed by atoms with Gasteiger partial charge in [0.1, 0.15) is 0 Å². The Morgan fingerprint density at radius 1 is 1.06 bits per heavy atom. The smallest absolute Gasteiger partial charge is 0.251 e. The number of anilines is 1. The van der Waals surface area contributed by atoms with Crippen LogP contribution in [0.5, 0.6) is 0 Å². The van der Waals surface area contributed by atoms with Crippen molar-refractivity contribution in [1.82, 2.24) is 20.1 Å². The Kier molecular flexibility index (Phi) is 5.75. The van der Waals surface area contributed by atoms with Crippen LogP contribution in [-0.2, 0) is 4.74 Å². The lowest BCUT2D eigenvalue weighted by Crippen LogP contribution is -2.39. The predicted molar refractivity (Wildman–Crippen MR) is 121 cm³/mol. The Labute approximate surface area is 185 Å². The fraction of sp³-hybridized carbons (Fsp3) is 0.250. The van der Waals surface area contributed by atoms with Gasteiger partial charge in [-0.2, -0.15) is 5.26 Å². The van der Waals surface area contributed by atoms with Crippen LogP contribution in [0.15, 0.2) is 59.5 Å². The van der Waals surface area contributed by atoms with Gasteiger partial charge in [-0.05, 0) is 35.4 Å². The third kappa shape index (κ3) is 4.17. The van der Waals surface area contributed by atoms with Gasteiger partial charge in [0, 0.05) is 37.8 Å². The molecular weight excluding hydrogens is 404 g/mol. The summed E-state index contributed by atoms with van der Waals surface area (Å²) in [4.78, 5) is 7.00. The summed E-state index contributed by atoms with van der Waals surface area (Å²) >= 11 is 0. The molecule has 0 unspecified atom stereocenters. The highest BCUT2D eigenvalue weighted by Crippen LogP contribution is 2.35. The molecule has 2 aromatic carbocycles. The summed E-state index contributed by atoms with van der Waals surface area (Å²) in [6.07, 6.45) is 3.10. The number of pyridine rings is 1. The van der Waals surface area contributed by atoms with Crippen LogP contribution in [0.1, 0.15) is 5.56 Å². The maximum absolute atomic E-state index is 9.08. The van der Waals surface area contributed by atoms with Crippen LogP contribution in [-0.4, -0.2) is 59.5 Å². The lowest BCUT2D eigenvalue weighted by molar-refractivity contribution is 0.0398. The van der Waals surface area contributed by atoms with E-state index >= 15 is 0 Å². The molecule has 2 aromatic heterocycles. The van der Waals surface area contributed by atoms with Crippen LogP contribution in [0.25, 0.3) is 33.5 Å². The molecule has 8 nitrogen and oxygen atoms in total. The van der Waals surface area contributed by atoms with Crippen molar-refractivity contribution in [3.8, 4) is 28.7 Å². The largest absolute Gasteiger partial charge is 0.423 e. The molecule has 0 radical (unpaired) electrons. The van der Waals surface area contributed by atoms with E-state index in [4.69, 9.17) is 14.4 Å². The highest BCUT2D eigenvalue weighted by atomic mass is 16.5. The van der Waals surface area contributed by atoms with E-state index in [0.29, 0.717) is 11.5 Å². The Balaban J connectivity index is 1.52. The molecule has 32 heavy (non-hydrogen) atoms. The minimum absolute atomic E-state index is 0.428. The lowest BCUT2D eigenvalue weighted by Gasteiger charge is -2.27. The third-order valence-corrected chi connectivity index (χ3v) is 5.64. The standard InChI is InChI=1S/C24H22N6O2/c25-14-17-1-3-18(4-2-17)19-5-6-22-20(13-19)23(21(15-27-22)24-29-28-16-32-24)26-7-8-30-9-11-31-12-10-30/h1-6,13,15-16H,7-12H2,(H,26,27). The zero-order valence-corrected chi connectivity index (χ0v) is 17.5. The molecule has 5 rings (SSSR count). The number of nitrogens with zero attached hydrogens (tertiary/aromatic N) is 5. The molecule has 1 saturated heterocycles. The molecule has 0 bridgehead atoms. The second-order valence-corrected chi connectivity index (χ2v) is 7.59. The van der Waals surface area contributed by atoms with E-state index in [9.17, 15) is 0 Å². The molecule has 1 aliphatic rings. The number of morpholine rings is 1. The highest BCUT2D eigenvalue weighted by Gasteiger charge is 2.16. The minimum atomic E-state index is 0.428. The first-order valence-electron chi connectivity index (χ1n) is 10.6. The number of fused-ring (bicyclic) bond motifs is 1. The zero-order valence-electron chi connectivity index (χ0n) is 17.5. The molecule has 1 fully saturated rings. The summed E-state index contributed by atoms with van der Waals surface area (Å²) in [7, 11) is 0. The van der Waals surface area contributed by atoms with Gasteiger partial charge in [-0.15, -0.1) is 10.2 Å². The van der Waals surface area contributed by atoms with E-state index in [-0.39, 0.29) is 0 Å². The normalized spacial score (nSPS) is 14.3. The molecule has 4 aromatic rings. The average molecular weight is 426 g/mol. The molecular formula is C24H22N6O2. The summed E-state index contributed by atoms with van der Waals surface area (Å²) in [6.45, 7) is 5.11. The van der Waals surface area contributed by atoms with Crippen molar-refractivity contribution in [3.05, 3.63) is 60.6 Å². The zero-order chi connectivity index (χ0) is 21.8. The summed E-state index contributed by atoms with van der Waals surface area (Å²) in [6, 6.07) is 15.9. The fourth-order valence-electron chi connectivity index (χ4n) is 3.92. The van der Waals surface area contributed by atoms with Gasteiger partial charge in [-0.3, -0.25) is 9.88 Å².